The summed E-state index contributed by atoms with van der Waals surface area (Å²) in [4.78, 5) is 24.5. The number of carbonyl (C=O) groups is 2. The van der Waals surface area contributed by atoms with Crippen LogP contribution in [0.4, 0.5) is 0 Å². The number of nitrogens with one attached hydrogen (secondary N) is 3. The summed E-state index contributed by atoms with van der Waals surface area (Å²) in [5.41, 5.74) is 6.59. The van der Waals surface area contributed by atoms with E-state index in [1.807, 2.05) is 44.2 Å². The maximum absolute atomic E-state index is 12.3. The van der Waals surface area contributed by atoms with Gasteiger partial charge in [-0.1, -0.05) is 30.3 Å². The first-order valence-electron chi connectivity index (χ1n) is 8.56. The molecule has 0 aliphatic carbocycles. The Labute approximate surface area is 143 Å². The van der Waals surface area contributed by atoms with Crippen molar-refractivity contribution in [1.82, 2.24) is 16.2 Å². The lowest BCUT2D eigenvalue weighted by Gasteiger charge is -2.24. The summed E-state index contributed by atoms with van der Waals surface area (Å²) in [6, 6.07) is 9.07. The Bertz CT molecular complexity index is 528. The highest BCUT2D eigenvalue weighted by atomic mass is 16.5. The fourth-order valence-electron chi connectivity index (χ4n) is 2.70. The van der Waals surface area contributed by atoms with Crippen LogP contribution in [0.3, 0.4) is 0 Å². The Morgan fingerprint density at radius 3 is 2.50 bits per heavy atom. The highest BCUT2D eigenvalue weighted by Crippen LogP contribution is 2.11. The van der Waals surface area contributed by atoms with Gasteiger partial charge in [-0.2, -0.15) is 0 Å². The second-order valence-electron chi connectivity index (χ2n) is 6.39. The third-order valence-corrected chi connectivity index (χ3v) is 4.00. The molecule has 6 heteroatoms. The molecule has 1 saturated heterocycles. The number of carbonyl (C=O) groups excluding carboxylic acids is 2. The van der Waals surface area contributed by atoms with Gasteiger partial charge in [-0.3, -0.25) is 15.0 Å². The molecule has 0 spiro atoms. The highest BCUT2D eigenvalue weighted by molar-refractivity contribution is 5.80. The van der Waals surface area contributed by atoms with Crippen LogP contribution in [-0.4, -0.2) is 37.1 Å². The molecule has 1 aliphatic rings. The van der Waals surface area contributed by atoms with E-state index in [9.17, 15) is 9.59 Å². The van der Waals surface area contributed by atoms with Gasteiger partial charge in [0.25, 0.3) is 0 Å². The standard InChI is InChI=1S/C18H27N3O3/c1-13(2)24-18(23)16(12-14-6-4-3-5-7-14)20-21-17(22)15-8-10-19-11-9-15/h3-7,13,15-16,19-20H,8-12H2,1-2H3,(H,21,22)/t16-/m0/s1. The van der Waals surface area contributed by atoms with Gasteiger partial charge >= 0.3 is 5.97 Å². The Kier molecular flexibility index (Phi) is 7.21. The van der Waals surface area contributed by atoms with Crippen molar-refractivity contribution in [2.24, 2.45) is 5.92 Å². The minimum Gasteiger partial charge on any atom is -0.462 e. The lowest BCUT2D eigenvalue weighted by Crippen LogP contribution is -2.52. The minimum atomic E-state index is -0.611. The molecule has 1 heterocycles. The average molecular weight is 333 g/mol. The number of hydrogen-bond donors (Lipinski definition) is 3. The van der Waals surface area contributed by atoms with E-state index in [0.717, 1.165) is 31.5 Å². The molecule has 2 rings (SSSR count). The van der Waals surface area contributed by atoms with Crippen LogP contribution < -0.4 is 16.2 Å². The Hall–Kier alpha value is -1.92. The molecule has 1 atom stereocenters. The summed E-state index contributed by atoms with van der Waals surface area (Å²) in [6.45, 7) is 5.32. The van der Waals surface area contributed by atoms with E-state index in [1.54, 1.807) is 0 Å². The zero-order valence-electron chi connectivity index (χ0n) is 14.4. The minimum absolute atomic E-state index is 0.0164. The van der Waals surface area contributed by atoms with Gasteiger partial charge in [0.05, 0.1) is 6.10 Å². The first-order chi connectivity index (χ1) is 11.6. The molecule has 6 nitrogen and oxygen atoms in total. The van der Waals surface area contributed by atoms with Crippen molar-refractivity contribution in [1.29, 1.82) is 0 Å². The fourth-order valence-corrected chi connectivity index (χ4v) is 2.70. The van der Waals surface area contributed by atoms with Gasteiger partial charge in [0.1, 0.15) is 6.04 Å². The van der Waals surface area contributed by atoms with Gasteiger partial charge in [0.15, 0.2) is 0 Å². The summed E-state index contributed by atoms with van der Waals surface area (Å²) in [5, 5.41) is 3.23. The van der Waals surface area contributed by atoms with Crippen molar-refractivity contribution >= 4 is 11.9 Å². The van der Waals surface area contributed by atoms with Crippen molar-refractivity contribution < 1.29 is 14.3 Å². The molecular weight excluding hydrogens is 306 g/mol. The van der Waals surface area contributed by atoms with E-state index in [2.05, 4.69) is 16.2 Å². The van der Waals surface area contributed by atoms with Gasteiger partial charge in [0, 0.05) is 12.3 Å². The number of ether oxygens (including phenoxy) is 1. The predicted molar refractivity (Wildman–Crippen MR) is 92.0 cm³/mol. The highest BCUT2D eigenvalue weighted by Gasteiger charge is 2.25. The molecule has 1 aromatic carbocycles. The normalized spacial score (nSPS) is 16.6. The summed E-state index contributed by atoms with van der Waals surface area (Å²) >= 11 is 0. The number of piperidine rings is 1. The van der Waals surface area contributed by atoms with Crippen LogP contribution in [0.2, 0.25) is 0 Å². The molecule has 132 valence electrons. The van der Waals surface area contributed by atoms with Gasteiger partial charge in [-0.05, 0) is 45.3 Å². The van der Waals surface area contributed by atoms with Crippen molar-refractivity contribution in [3.63, 3.8) is 0 Å². The Morgan fingerprint density at radius 2 is 1.88 bits per heavy atom. The molecule has 1 aliphatic heterocycles. The predicted octanol–water partition coefficient (Wildman–Crippen LogP) is 1.17. The fraction of sp³-hybridized carbons (Fsp3) is 0.556. The molecule has 0 saturated carbocycles. The van der Waals surface area contributed by atoms with Gasteiger partial charge in [-0.25, -0.2) is 5.43 Å². The number of rotatable bonds is 7. The lowest BCUT2D eigenvalue weighted by molar-refractivity contribution is -0.150. The average Bonchev–Trinajstić information content (AvgIpc) is 2.59. The lowest BCUT2D eigenvalue weighted by atomic mass is 9.98. The maximum Gasteiger partial charge on any atom is 0.325 e. The molecule has 1 aromatic rings. The number of amides is 1. The molecule has 0 bridgehead atoms. The van der Waals surface area contributed by atoms with Crippen LogP contribution in [0.5, 0.6) is 0 Å². The van der Waals surface area contributed by atoms with Crippen molar-refractivity contribution in [2.45, 2.75) is 45.3 Å². The maximum atomic E-state index is 12.3. The quantitative estimate of drug-likeness (QED) is 0.516. The number of hydrogen-bond acceptors (Lipinski definition) is 5. The number of benzene rings is 1. The zero-order valence-corrected chi connectivity index (χ0v) is 14.4. The van der Waals surface area contributed by atoms with Crippen LogP contribution in [0.25, 0.3) is 0 Å². The third kappa shape index (κ3) is 5.94. The monoisotopic (exact) mass is 333 g/mol. The van der Waals surface area contributed by atoms with E-state index in [-0.39, 0.29) is 23.9 Å². The molecular formula is C18H27N3O3. The van der Waals surface area contributed by atoms with Gasteiger partial charge in [0.2, 0.25) is 5.91 Å². The zero-order chi connectivity index (χ0) is 17.4. The summed E-state index contributed by atoms with van der Waals surface area (Å²) in [6.07, 6.45) is 1.89. The van der Waals surface area contributed by atoms with E-state index >= 15 is 0 Å². The Balaban J connectivity index is 1.94. The van der Waals surface area contributed by atoms with Crippen LogP contribution in [0.15, 0.2) is 30.3 Å². The van der Waals surface area contributed by atoms with E-state index in [1.165, 1.54) is 0 Å². The van der Waals surface area contributed by atoms with Crippen LogP contribution in [0, 0.1) is 5.92 Å². The number of hydrazine groups is 1. The van der Waals surface area contributed by atoms with Crippen molar-refractivity contribution in [2.75, 3.05) is 13.1 Å². The summed E-state index contributed by atoms with van der Waals surface area (Å²) in [5.74, 6) is -0.441. The first-order valence-corrected chi connectivity index (χ1v) is 8.56. The SMILES string of the molecule is CC(C)OC(=O)[C@H](Cc1ccccc1)NNC(=O)C1CCNCC1. The molecule has 1 fully saturated rings. The second kappa shape index (κ2) is 9.39. The molecule has 3 N–H and O–H groups in total. The summed E-state index contributed by atoms with van der Waals surface area (Å²) < 4.78 is 5.30. The first kappa shape index (κ1) is 18.4. The summed E-state index contributed by atoms with van der Waals surface area (Å²) in [7, 11) is 0. The van der Waals surface area contributed by atoms with Crippen molar-refractivity contribution in [3.8, 4) is 0 Å². The number of esters is 1. The molecule has 24 heavy (non-hydrogen) atoms. The van der Waals surface area contributed by atoms with Crippen LogP contribution in [0.1, 0.15) is 32.3 Å². The van der Waals surface area contributed by atoms with Crippen LogP contribution >= 0.6 is 0 Å². The molecule has 0 aromatic heterocycles. The smallest absolute Gasteiger partial charge is 0.325 e. The van der Waals surface area contributed by atoms with Crippen LogP contribution in [-0.2, 0) is 20.7 Å². The van der Waals surface area contributed by atoms with E-state index < -0.39 is 6.04 Å². The van der Waals surface area contributed by atoms with E-state index in [4.69, 9.17) is 4.74 Å². The molecule has 0 unspecified atom stereocenters. The molecule has 1 amide bonds. The van der Waals surface area contributed by atoms with Crippen molar-refractivity contribution in [3.05, 3.63) is 35.9 Å². The third-order valence-electron chi connectivity index (χ3n) is 4.00. The van der Waals surface area contributed by atoms with E-state index in [0.29, 0.717) is 6.42 Å². The Morgan fingerprint density at radius 1 is 1.21 bits per heavy atom. The topological polar surface area (TPSA) is 79.5 Å². The van der Waals surface area contributed by atoms with Gasteiger partial charge < -0.3 is 10.1 Å². The largest absolute Gasteiger partial charge is 0.462 e. The van der Waals surface area contributed by atoms with Gasteiger partial charge in [-0.15, -0.1) is 0 Å². The second-order valence-corrected chi connectivity index (χ2v) is 6.39. The molecule has 0 radical (unpaired) electrons.